The van der Waals surface area contributed by atoms with Crippen molar-refractivity contribution in [1.82, 2.24) is 15.2 Å². The number of methoxy groups -OCH3 is 1. The molecular weight excluding hydrogens is 326 g/mol. The molecule has 3 aromatic rings. The second-order valence-electron chi connectivity index (χ2n) is 7.13. The molecule has 5 nitrogen and oxygen atoms in total. The smallest absolute Gasteiger partial charge is 0.181 e. The molecule has 0 amide bonds. The SMILES string of the molecule is CCOc1cc(-c2n[nH]c(-c3ccc(C(C)(C)C)cc3)n2)ccc1OC. The lowest BCUT2D eigenvalue weighted by atomic mass is 9.87. The number of rotatable bonds is 5. The van der Waals surface area contributed by atoms with Crippen LogP contribution >= 0.6 is 0 Å². The van der Waals surface area contributed by atoms with Gasteiger partial charge in [0, 0.05) is 11.1 Å². The highest BCUT2D eigenvalue weighted by Gasteiger charge is 2.15. The van der Waals surface area contributed by atoms with Gasteiger partial charge in [-0.05, 0) is 36.1 Å². The number of benzene rings is 2. The molecule has 0 aliphatic rings. The molecule has 0 aliphatic carbocycles. The van der Waals surface area contributed by atoms with Crippen molar-refractivity contribution in [3.05, 3.63) is 48.0 Å². The summed E-state index contributed by atoms with van der Waals surface area (Å²) in [4.78, 5) is 4.64. The van der Waals surface area contributed by atoms with E-state index < -0.39 is 0 Å². The molecular formula is C21H25N3O2. The van der Waals surface area contributed by atoms with Crippen LogP contribution in [0.15, 0.2) is 42.5 Å². The predicted octanol–water partition coefficient (Wildman–Crippen LogP) is 4.84. The average molecular weight is 351 g/mol. The third-order valence-electron chi connectivity index (χ3n) is 4.23. The van der Waals surface area contributed by atoms with Gasteiger partial charge in [-0.25, -0.2) is 4.98 Å². The summed E-state index contributed by atoms with van der Waals surface area (Å²) in [6.07, 6.45) is 0. The van der Waals surface area contributed by atoms with Gasteiger partial charge in [0.25, 0.3) is 0 Å². The number of nitrogens with one attached hydrogen (secondary N) is 1. The maximum atomic E-state index is 5.64. The molecule has 0 bridgehead atoms. The second-order valence-corrected chi connectivity index (χ2v) is 7.13. The standard InChI is InChI=1S/C21H25N3O2/c1-6-26-18-13-15(9-12-17(18)25-5)20-22-19(23-24-20)14-7-10-16(11-8-14)21(2,3)4/h7-13H,6H2,1-5H3,(H,22,23,24). The van der Waals surface area contributed by atoms with Gasteiger partial charge in [0.2, 0.25) is 0 Å². The van der Waals surface area contributed by atoms with Crippen molar-refractivity contribution in [2.24, 2.45) is 0 Å². The molecule has 0 saturated carbocycles. The third-order valence-corrected chi connectivity index (χ3v) is 4.23. The van der Waals surface area contributed by atoms with Crippen LogP contribution in [0.4, 0.5) is 0 Å². The molecule has 0 spiro atoms. The minimum absolute atomic E-state index is 0.129. The zero-order valence-corrected chi connectivity index (χ0v) is 16.0. The quantitative estimate of drug-likeness (QED) is 0.714. The highest BCUT2D eigenvalue weighted by atomic mass is 16.5. The van der Waals surface area contributed by atoms with E-state index in [1.54, 1.807) is 7.11 Å². The lowest BCUT2D eigenvalue weighted by molar-refractivity contribution is 0.311. The highest BCUT2D eigenvalue weighted by Crippen LogP contribution is 2.32. The number of nitrogens with zero attached hydrogens (tertiary/aromatic N) is 2. The molecule has 5 heteroatoms. The number of H-pyrrole nitrogens is 1. The van der Waals surface area contributed by atoms with Crippen LogP contribution in [0.25, 0.3) is 22.8 Å². The van der Waals surface area contributed by atoms with Gasteiger partial charge in [-0.2, -0.15) is 5.10 Å². The predicted molar refractivity (Wildman–Crippen MR) is 104 cm³/mol. The highest BCUT2D eigenvalue weighted by molar-refractivity contribution is 5.64. The lowest BCUT2D eigenvalue weighted by Crippen LogP contribution is -2.10. The Morgan fingerprint density at radius 3 is 2.27 bits per heavy atom. The van der Waals surface area contributed by atoms with Gasteiger partial charge < -0.3 is 9.47 Å². The lowest BCUT2D eigenvalue weighted by Gasteiger charge is -2.18. The normalized spacial score (nSPS) is 11.4. The van der Waals surface area contributed by atoms with Crippen LogP contribution in [0.5, 0.6) is 11.5 Å². The minimum Gasteiger partial charge on any atom is -0.493 e. The molecule has 0 aliphatic heterocycles. The first-order valence-electron chi connectivity index (χ1n) is 8.77. The van der Waals surface area contributed by atoms with E-state index in [0.29, 0.717) is 23.9 Å². The van der Waals surface area contributed by atoms with Crippen LogP contribution in [-0.4, -0.2) is 28.9 Å². The summed E-state index contributed by atoms with van der Waals surface area (Å²) in [6.45, 7) is 9.12. The van der Waals surface area contributed by atoms with Crippen molar-refractivity contribution in [3.8, 4) is 34.3 Å². The molecule has 3 rings (SSSR count). The fourth-order valence-corrected chi connectivity index (χ4v) is 2.73. The van der Waals surface area contributed by atoms with Crippen molar-refractivity contribution in [2.45, 2.75) is 33.1 Å². The maximum absolute atomic E-state index is 5.64. The van der Waals surface area contributed by atoms with Crippen LogP contribution in [0.3, 0.4) is 0 Å². The fraction of sp³-hybridized carbons (Fsp3) is 0.333. The van der Waals surface area contributed by atoms with Gasteiger partial charge in [-0.1, -0.05) is 45.0 Å². The summed E-state index contributed by atoms with van der Waals surface area (Å²) in [5.74, 6) is 2.76. The van der Waals surface area contributed by atoms with Gasteiger partial charge in [0.1, 0.15) is 0 Å². The molecule has 1 aromatic heterocycles. The summed E-state index contributed by atoms with van der Waals surface area (Å²) in [7, 11) is 1.63. The molecule has 0 radical (unpaired) electrons. The first kappa shape index (κ1) is 18.0. The molecule has 0 saturated heterocycles. The maximum Gasteiger partial charge on any atom is 0.181 e. The first-order chi connectivity index (χ1) is 12.4. The molecule has 0 fully saturated rings. The summed E-state index contributed by atoms with van der Waals surface area (Å²) < 4.78 is 11.0. The van der Waals surface area contributed by atoms with Crippen molar-refractivity contribution < 1.29 is 9.47 Å². The number of aromatic amines is 1. The van der Waals surface area contributed by atoms with E-state index >= 15 is 0 Å². The monoisotopic (exact) mass is 351 g/mol. The molecule has 1 N–H and O–H groups in total. The van der Waals surface area contributed by atoms with Crippen molar-refractivity contribution >= 4 is 0 Å². The van der Waals surface area contributed by atoms with E-state index in [-0.39, 0.29) is 5.41 Å². The topological polar surface area (TPSA) is 60.0 Å². The Morgan fingerprint density at radius 2 is 1.65 bits per heavy atom. The fourth-order valence-electron chi connectivity index (χ4n) is 2.73. The third kappa shape index (κ3) is 3.72. The van der Waals surface area contributed by atoms with E-state index in [4.69, 9.17) is 9.47 Å². The van der Waals surface area contributed by atoms with Crippen LogP contribution < -0.4 is 9.47 Å². The van der Waals surface area contributed by atoms with Crippen LogP contribution in [-0.2, 0) is 5.41 Å². The molecule has 2 aromatic carbocycles. The molecule has 0 atom stereocenters. The van der Waals surface area contributed by atoms with Gasteiger partial charge in [0.05, 0.1) is 13.7 Å². The summed E-state index contributed by atoms with van der Waals surface area (Å²) >= 11 is 0. The Hall–Kier alpha value is -2.82. The summed E-state index contributed by atoms with van der Waals surface area (Å²) in [5.41, 5.74) is 3.31. The van der Waals surface area contributed by atoms with Crippen LogP contribution in [0.2, 0.25) is 0 Å². The zero-order valence-electron chi connectivity index (χ0n) is 16.0. The summed E-state index contributed by atoms with van der Waals surface area (Å²) in [5, 5.41) is 7.38. The van der Waals surface area contributed by atoms with E-state index in [1.165, 1.54) is 5.56 Å². The van der Waals surface area contributed by atoms with E-state index in [0.717, 1.165) is 17.0 Å². The Morgan fingerprint density at radius 1 is 0.962 bits per heavy atom. The van der Waals surface area contributed by atoms with Crippen molar-refractivity contribution in [3.63, 3.8) is 0 Å². The number of ether oxygens (including phenoxy) is 2. The zero-order chi connectivity index (χ0) is 18.7. The Bertz CT molecular complexity index is 877. The van der Waals surface area contributed by atoms with Gasteiger partial charge >= 0.3 is 0 Å². The second kappa shape index (κ2) is 7.20. The van der Waals surface area contributed by atoms with Gasteiger partial charge in [0.15, 0.2) is 23.1 Å². The van der Waals surface area contributed by atoms with Crippen LogP contribution in [0, 0.1) is 0 Å². The number of aromatic nitrogens is 3. The minimum atomic E-state index is 0.129. The van der Waals surface area contributed by atoms with Gasteiger partial charge in [-0.3, -0.25) is 5.10 Å². The molecule has 136 valence electrons. The van der Waals surface area contributed by atoms with Crippen LogP contribution in [0.1, 0.15) is 33.3 Å². The Labute approximate surface area is 154 Å². The largest absolute Gasteiger partial charge is 0.493 e. The molecule has 1 heterocycles. The van der Waals surface area contributed by atoms with Crippen molar-refractivity contribution in [2.75, 3.05) is 13.7 Å². The Kier molecular flexibility index (Phi) is 4.98. The molecule has 26 heavy (non-hydrogen) atoms. The number of hydrogen-bond donors (Lipinski definition) is 1. The van der Waals surface area contributed by atoms with E-state index in [2.05, 4.69) is 60.2 Å². The average Bonchev–Trinajstić information content (AvgIpc) is 3.11. The van der Waals surface area contributed by atoms with Gasteiger partial charge in [-0.15, -0.1) is 0 Å². The molecule has 0 unspecified atom stereocenters. The van der Waals surface area contributed by atoms with Crippen molar-refractivity contribution in [1.29, 1.82) is 0 Å². The van der Waals surface area contributed by atoms with E-state index in [9.17, 15) is 0 Å². The first-order valence-corrected chi connectivity index (χ1v) is 8.77. The Balaban J connectivity index is 1.89. The number of hydrogen-bond acceptors (Lipinski definition) is 4. The summed E-state index contributed by atoms with van der Waals surface area (Å²) in [6, 6.07) is 14.1. The van der Waals surface area contributed by atoms with E-state index in [1.807, 2.05) is 25.1 Å².